The fourth-order valence-electron chi connectivity index (χ4n) is 4.29. The Morgan fingerprint density at radius 3 is 1.73 bits per heavy atom. The highest BCUT2D eigenvalue weighted by Crippen LogP contribution is 2.39. The van der Waals surface area contributed by atoms with Crippen molar-refractivity contribution in [3.63, 3.8) is 0 Å². The molecule has 33 heavy (non-hydrogen) atoms. The average Bonchev–Trinajstić information content (AvgIpc) is 2.82. The van der Waals surface area contributed by atoms with Gasteiger partial charge in [-0.3, -0.25) is 0 Å². The van der Waals surface area contributed by atoms with Crippen LogP contribution < -0.4 is 14.4 Å². The lowest BCUT2D eigenvalue weighted by atomic mass is 10.1. The Balaban J connectivity index is 1.65. The number of aromatic nitrogens is 2. The molecular formula is C25H37N5O2S. The van der Waals surface area contributed by atoms with Crippen molar-refractivity contribution < 1.29 is 9.47 Å². The predicted molar refractivity (Wildman–Crippen MR) is 135 cm³/mol. The maximum atomic E-state index is 6.50. The van der Waals surface area contributed by atoms with Crippen LogP contribution in [0.15, 0.2) is 29.2 Å². The third-order valence-electron chi connectivity index (χ3n) is 6.60. The first kappa shape index (κ1) is 24.1. The molecule has 2 aliphatic rings. The third-order valence-corrected chi connectivity index (χ3v) is 7.36. The molecule has 0 saturated carbocycles. The van der Waals surface area contributed by atoms with Crippen LogP contribution in [0.2, 0.25) is 0 Å². The summed E-state index contributed by atoms with van der Waals surface area (Å²) < 4.78 is 13.0. The van der Waals surface area contributed by atoms with Gasteiger partial charge in [-0.05, 0) is 65.1 Å². The molecule has 0 spiro atoms. The molecule has 0 atom stereocenters. The molecule has 2 fully saturated rings. The molecule has 2 saturated heterocycles. The molecular weight excluding hydrogens is 434 g/mol. The lowest BCUT2D eigenvalue weighted by molar-refractivity contribution is 0.0962. The Morgan fingerprint density at radius 1 is 0.848 bits per heavy atom. The molecule has 0 aliphatic carbocycles. The summed E-state index contributed by atoms with van der Waals surface area (Å²) in [6.45, 7) is 6.26. The lowest BCUT2D eigenvalue weighted by Gasteiger charge is -2.31. The van der Waals surface area contributed by atoms with Crippen molar-refractivity contribution in [2.75, 3.05) is 58.5 Å². The second-order valence-electron chi connectivity index (χ2n) is 9.30. The van der Waals surface area contributed by atoms with Crippen LogP contribution in [0.4, 0.5) is 11.6 Å². The Bertz CT molecular complexity index is 865. The highest BCUT2D eigenvalue weighted by atomic mass is 32.2. The summed E-state index contributed by atoms with van der Waals surface area (Å²) in [5.74, 6) is 1.88. The van der Waals surface area contributed by atoms with Crippen LogP contribution in [-0.4, -0.2) is 85.6 Å². The molecule has 1 aromatic heterocycles. The van der Waals surface area contributed by atoms with Gasteiger partial charge in [0.1, 0.15) is 17.1 Å². The summed E-state index contributed by atoms with van der Waals surface area (Å²) in [5, 5.41) is 0. The van der Waals surface area contributed by atoms with Gasteiger partial charge in [0.15, 0.2) is 0 Å². The van der Waals surface area contributed by atoms with E-state index in [1.54, 1.807) is 11.8 Å². The Morgan fingerprint density at radius 2 is 1.30 bits per heavy atom. The van der Waals surface area contributed by atoms with Crippen molar-refractivity contribution in [2.45, 2.75) is 49.7 Å². The molecule has 0 amide bonds. The van der Waals surface area contributed by atoms with E-state index in [1.807, 2.05) is 18.2 Å². The molecule has 2 aromatic rings. The van der Waals surface area contributed by atoms with Gasteiger partial charge in [0.25, 0.3) is 0 Å². The number of rotatable bonds is 7. The van der Waals surface area contributed by atoms with Crippen LogP contribution in [0.5, 0.6) is 11.8 Å². The number of ether oxygens (including phenoxy) is 2. The standard InChI is InChI=1S/C25H37N5O2S/c1-18-6-8-19(9-7-18)30(4)25-26-23(31-20-10-14-28(2)15-11-20)22(33-5)24(27-25)32-21-12-16-29(3)17-13-21/h6-9,20-21H,10-17H2,1-5H3. The van der Waals surface area contributed by atoms with Crippen LogP contribution in [0.25, 0.3) is 0 Å². The molecule has 0 unspecified atom stereocenters. The van der Waals surface area contributed by atoms with Gasteiger partial charge in [0.2, 0.25) is 17.7 Å². The smallest absolute Gasteiger partial charge is 0.236 e. The molecule has 0 N–H and O–H groups in total. The Labute approximate surface area is 202 Å². The van der Waals surface area contributed by atoms with E-state index in [-0.39, 0.29) is 12.2 Å². The van der Waals surface area contributed by atoms with E-state index < -0.39 is 0 Å². The predicted octanol–water partition coefficient (Wildman–Crippen LogP) is 4.22. The second kappa shape index (κ2) is 10.9. The van der Waals surface area contributed by atoms with E-state index in [0.29, 0.717) is 17.7 Å². The molecule has 1 aromatic carbocycles. The topological polar surface area (TPSA) is 54.0 Å². The normalized spacial score (nSPS) is 18.9. The highest BCUT2D eigenvalue weighted by Gasteiger charge is 2.27. The average molecular weight is 472 g/mol. The summed E-state index contributed by atoms with van der Waals surface area (Å²) in [6.07, 6.45) is 6.38. The molecule has 3 heterocycles. The van der Waals surface area contributed by atoms with Gasteiger partial charge in [-0.1, -0.05) is 17.7 Å². The minimum Gasteiger partial charge on any atom is -0.473 e. The summed E-state index contributed by atoms with van der Waals surface area (Å²) in [7, 11) is 6.32. The second-order valence-corrected chi connectivity index (χ2v) is 10.1. The van der Waals surface area contributed by atoms with Gasteiger partial charge < -0.3 is 24.2 Å². The van der Waals surface area contributed by atoms with Gasteiger partial charge in [-0.25, -0.2) is 0 Å². The van der Waals surface area contributed by atoms with Crippen LogP contribution in [-0.2, 0) is 0 Å². The van der Waals surface area contributed by atoms with E-state index >= 15 is 0 Å². The van der Waals surface area contributed by atoms with Gasteiger partial charge in [0, 0.05) is 38.9 Å². The molecule has 7 nitrogen and oxygen atoms in total. The van der Waals surface area contributed by atoms with Gasteiger partial charge in [-0.15, -0.1) is 11.8 Å². The van der Waals surface area contributed by atoms with Crippen molar-refractivity contribution in [1.29, 1.82) is 0 Å². The number of piperidine rings is 2. The van der Waals surface area contributed by atoms with Crippen molar-refractivity contribution in [3.05, 3.63) is 29.8 Å². The van der Waals surface area contributed by atoms with Gasteiger partial charge in [-0.2, -0.15) is 9.97 Å². The van der Waals surface area contributed by atoms with Crippen LogP contribution >= 0.6 is 11.8 Å². The summed E-state index contributed by atoms with van der Waals surface area (Å²) in [4.78, 5) is 17.4. The minimum atomic E-state index is 0.163. The van der Waals surface area contributed by atoms with E-state index in [4.69, 9.17) is 19.4 Å². The first-order valence-electron chi connectivity index (χ1n) is 11.9. The quantitative estimate of drug-likeness (QED) is 0.557. The summed E-state index contributed by atoms with van der Waals surface area (Å²) in [5.41, 5.74) is 2.26. The summed E-state index contributed by atoms with van der Waals surface area (Å²) >= 11 is 1.60. The Hall–Kier alpha value is -2.03. The Kier molecular flexibility index (Phi) is 7.98. The molecule has 2 aliphatic heterocycles. The SMILES string of the molecule is CSc1c(OC2CCN(C)CC2)nc(N(C)c2ccc(C)cc2)nc1OC1CCN(C)CC1. The minimum absolute atomic E-state index is 0.163. The molecule has 180 valence electrons. The van der Waals surface area contributed by atoms with Crippen LogP contribution in [0.3, 0.4) is 0 Å². The number of aryl methyl sites for hydroxylation is 1. The first-order chi connectivity index (χ1) is 15.9. The van der Waals surface area contributed by atoms with Crippen molar-refractivity contribution in [1.82, 2.24) is 19.8 Å². The summed E-state index contributed by atoms with van der Waals surface area (Å²) in [6, 6.07) is 8.40. The maximum absolute atomic E-state index is 6.50. The van der Waals surface area contributed by atoms with Crippen LogP contribution in [0, 0.1) is 6.92 Å². The number of benzene rings is 1. The number of thioether (sulfide) groups is 1. The van der Waals surface area contributed by atoms with Crippen molar-refractivity contribution >= 4 is 23.4 Å². The van der Waals surface area contributed by atoms with E-state index in [9.17, 15) is 0 Å². The van der Waals surface area contributed by atoms with E-state index in [0.717, 1.165) is 62.4 Å². The molecule has 0 radical (unpaired) electrons. The number of anilines is 2. The monoisotopic (exact) mass is 471 g/mol. The number of nitrogens with zero attached hydrogens (tertiary/aromatic N) is 5. The number of hydrogen-bond acceptors (Lipinski definition) is 8. The number of hydrogen-bond donors (Lipinski definition) is 0. The van der Waals surface area contributed by atoms with E-state index in [2.05, 4.69) is 55.1 Å². The van der Waals surface area contributed by atoms with E-state index in [1.165, 1.54) is 5.56 Å². The fraction of sp³-hybridized carbons (Fsp3) is 0.600. The highest BCUT2D eigenvalue weighted by molar-refractivity contribution is 7.98. The lowest BCUT2D eigenvalue weighted by Crippen LogP contribution is -2.36. The molecule has 8 heteroatoms. The van der Waals surface area contributed by atoms with Gasteiger partial charge in [0.05, 0.1) is 0 Å². The molecule has 4 rings (SSSR count). The van der Waals surface area contributed by atoms with Gasteiger partial charge >= 0.3 is 0 Å². The first-order valence-corrected chi connectivity index (χ1v) is 13.1. The van der Waals surface area contributed by atoms with Crippen LogP contribution in [0.1, 0.15) is 31.2 Å². The zero-order valence-corrected chi connectivity index (χ0v) is 21.4. The zero-order chi connectivity index (χ0) is 23.4. The fourth-order valence-corrected chi connectivity index (χ4v) is 4.83. The van der Waals surface area contributed by atoms with Crippen molar-refractivity contribution in [2.24, 2.45) is 0 Å². The molecule has 0 bridgehead atoms. The zero-order valence-electron chi connectivity index (χ0n) is 20.6. The van der Waals surface area contributed by atoms with Crippen molar-refractivity contribution in [3.8, 4) is 11.8 Å². The maximum Gasteiger partial charge on any atom is 0.236 e. The number of likely N-dealkylation sites (tertiary alicyclic amines) is 2. The largest absolute Gasteiger partial charge is 0.473 e. The third kappa shape index (κ3) is 6.11.